The van der Waals surface area contributed by atoms with E-state index < -0.39 is 11.6 Å². The predicted molar refractivity (Wildman–Crippen MR) is 75.4 cm³/mol. The van der Waals surface area contributed by atoms with Crippen LogP contribution in [0.2, 0.25) is 0 Å². The topological polar surface area (TPSA) is 15.3 Å². The summed E-state index contributed by atoms with van der Waals surface area (Å²) in [6.45, 7) is 4.56. The summed E-state index contributed by atoms with van der Waals surface area (Å²) >= 11 is 0. The van der Waals surface area contributed by atoms with E-state index in [4.69, 9.17) is 0 Å². The highest BCUT2D eigenvalue weighted by atomic mass is 19.2. The summed E-state index contributed by atoms with van der Waals surface area (Å²) in [5.41, 5.74) is 0.472. The summed E-state index contributed by atoms with van der Waals surface area (Å²) in [5, 5.41) is 3.61. The normalized spacial score (nSPS) is 27.8. The third-order valence-electron chi connectivity index (χ3n) is 4.63. The minimum Gasteiger partial charge on any atom is -0.311 e. The molecule has 20 heavy (non-hydrogen) atoms. The molecule has 1 aromatic rings. The number of rotatable bonds is 4. The zero-order valence-electron chi connectivity index (χ0n) is 11.9. The van der Waals surface area contributed by atoms with Gasteiger partial charge in [0, 0.05) is 37.3 Å². The van der Waals surface area contributed by atoms with Crippen molar-refractivity contribution < 1.29 is 8.78 Å². The fourth-order valence-corrected chi connectivity index (χ4v) is 3.18. The van der Waals surface area contributed by atoms with Gasteiger partial charge in [-0.25, -0.2) is 8.78 Å². The number of hydrogen-bond donors (Lipinski definition) is 1. The zero-order valence-corrected chi connectivity index (χ0v) is 11.9. The van der Waals surface area contributed by atoms with Gasteiger partial charge in [0.15, 0.2) is 11.6 Å². The molecule has 1 N–H and O–H groups in total. The molecule has 2 nitrogen and oxygen atoms in total. The van der Waals surface area contributed by atoms with Gasteiger partial charge in [-0.1, -0.05) is 19.1 Å². The first-order chi connectivity index (χ1) is 9.69. The van der Waals surface area contributed by atoms with Crippen molar-refractivity contribution in [1.29, 1.82) is 0 Å². The minimum absolute atomic E-state index is 0.410. The molecule has 0 bridgehead atoms. The van der Waals surface area contributed by atoms with Gasteiger partial charge in [0.05, 0.1) is 0 Å². The summed E-state index contributed by atoms with van der Waals surface area (Å²) in [6.07, 6.45) is 3.63. The molecule has 0 radical (unpaired) electrons. The van der Waals surface area contributed by atoms with E-state index >= 15 is 0 Å². The summed E-state index contributed by atoms with van der Waals surface area (Å²) in [7, 11) is 0. The number of nitrogens with one attached hydrogen (secondary N) is 1. The maximum Gasteiger partial charge on any atom is 0.163 e. The van der Waals surface area contributed by atoms with E-state index in [9.17, 15) is 8.78 Å². The molecule has 1 aliphatic carbocycles. The number of benzene rings is 1. The largest absolute Gasteiger partial charge is 0.311 e. The van der Waals surface area contributed by atoms with Crippen LogP contribution in [0.1, 0.15) is 31.7 Å². The molecule has 0 amide bonds. The van der Waals surface area contributed by atoms with Crippen LogP contribution in [0.3, 0.4) is 0 Å². The van der Waals surface area contributed by atoms with Crippen molar-refractivity contribution in [3.63, 3.8) is 0 Å². The lowest BCUT2D eigenvalue weighted by Crippen LogP contribution is -2.56. The Morgan fingerprint density at radius 2 is 2.10 bits per heavy atom. The number of halogens is 2. The Labute approximate surface area is 119 Å². The summed E-state index contributed by atoms with van der Waals surface area (Å²) in [4.78, 5) is 2.32. The van der Waals surface area contributed by atoms with Crippen LogP contribution < -0.4 is 5.32 Å². The molecule has 2 fully saturated rings. The fraction of sp³-hybridized carbons (Fsp3) is 0.625. The van der Waals surface area contributed by atoms with Crippen molar-refractivity contribution >= 4 is 0 Å². The Morgan fingerprint density at radius 3 is 2.80 bits per heavy atom. The van der Waals surface area contributed by atoms with Crippen LogP contribution in [0.5, 0.6) is 0 Å². The molecule has 110 valence electrons. The van der Waals surface area contributed by atoms with Crippen LogP contribution in [-0.4, -0.2) is 30.1 Å². The van der Waals surface area contributed by atoms with Crippen LogP contribution in [0.4, 0.5) is 8.78 Å². The molecule has 4 heteroatoms. The molecular weight excluding hydrogens is 258 g/mol. The van der Waals surface area contributed by atoms with Crippen LogP contribution in [0.25, 0.3) is 0 Å². The van der Waals surface area contributed by atoms with E-state index in [0.29, 0.717) is 24.2 Å². The molecule has 1 saturated heterocycles. The van der Waals surface area contributed by atoms with Gasteiger partial charge in [0.2, 0.25) is 0 Å². The van der Waals surface area contributed by atoms with Crippen LogP contribution in [0, 0.1) is 17.6 Å². The van der Waals surface area contributed by atoms with E-state index in [-0.39, 0.29) is 0 Å². The van der Waals surface area contributed by atoms with Crippen molar-refractivity contribution in [3.05, 3.63) is 35.4 Å². The SMILES string of the molecule is CCC1CNC(C2CC2)CN1Cc1cccc(F)c1F. The highest BCUT2D eigenvalue weighted by molar-refractivity contribution is 5.19. The van der Waals surface area contributed by atoms with E-state index in [1.807, 2.05) is 0 Å². The van der Waals surface area contributed by atoms with Crippen molar-refractivity contribution in [2.24, 2.45) is 5.92 Å². The smallest absolute Gasteiger partial charge is 0.163 e. The quantitative estimate of drug-likeness (QED) is 0.912. The first-order valence-electron chi connectivity index (χ1n) is 7.59. The Kier molecular flexibility index (Phi) is 4.03. The van der Waals surface area contributed by atoms with Crippen LogP contribution >= 0.6 is 0 Å². The summed E-state index contributed by atoms with van der Waals surface area (Å²) in [5.74, 6) is -0.652. The fourth-order valence-electron chi connectivity index (χ4n) is 3.18. The molecule has 2 atom stereocenters. The molecule has 0 spiro atoms. The molecule has 1 aliphatic heterocycles. The Bertz CT molecular complexity index is 474. The lowest BCUT2D eigenvalue weighted by molar-refractivity contribution is 0.110. The van der Waals surface area contributed by atoms with Gasteiger partial charge in [0.1, 0.15) is 0 Å². The minimum atomic E-state index is -0.746. The van der Waals surface area contributed by atoms with Gasteiger partial charge in [-0.3, -0.25) is 4.90 Å². The standard InChI is InChI=1S/C16H22F2N2/c1-2-13-8-19-15(11-6-7-11)10-20(13)9-12-4-3-5-14(17)16(12)18/h3-5,11,13,15,19H,2,6-10H2,1H3. The highest BCUT2D eigenvalue weighted by Gasteiger charge is 2.36. The molecule has 2 aliphatic rings. The van der Waals surface area contributed by atoms with Crippen molar-refractivity contribution in [3.8, 4) is 0 Å². The van der Waals surface area contributed by atoms with E-state index in [1.165, 1.54) is 18.9 Å². The van der Waals surface area contributed by atoms with Gasteiger partial charge < -0.3 is 5.32 Å². The molecule has 2 unspecified atom stereocenters. The van der Waals surface area contributed by atoms with Crippen LogP contribution in [0.15, 0.2) is 18.2 Å². The molecular formula is C16H22F2N2. The lowest BCUT2D eigenvalue weighted by atomic mass is 10.0. The second-order valence-corrected chi connectivity index (χ2v) is 6.06. The Hall–Kier alpha value is -1.00. The molecule has 1 saturated carbocycles. The van der Waals surface area contributed by atoms with E-state index in [2.05, 4.69) is 17.1 Å². The third kappa shape index (κ3) is 2.86. The van der Waals surface area contributed by atoms with Gasteiger partial charge in [0.25, 0.3) is 0 Å². The molecule has 3 rings (SSSR count). The average molecular weight is 280 g/mol. The lowest BCUT2D eigenvalue weighted by Gasteiger charge is -2.40. The maximum absolute atomic E-state index is 13.8. The number of piperazine rings is 1. The van der Waals surface area contributed by atoms with E-state index in [1.54, 1.807) is 12.1 Å². The first-order valence-corrected chi connectivity index (χ1v) is 7.59. The number of nitrogens with zero attached hydrogens (tertiary/aromatic N) is 1. The molecule has 0 aromatic heterocycles. The second kappa shape index (κ2) is 5.78. The first kappa shape index (κ1) is 14.0. The van der Waals surface area contributed by atoms with Crippen molar-refractivity contribution in [1.82, 2.24) is 10.2 Å². The van der Waals surface area contributed by atoms with Crippen molar-refractivity contribution in [2.75, 3.05) is 13.1 Å². The van der Waals surface area contributed by atoms with Gasteiger partial charge in [-0.05, 0) is 31.2 Å². The monoisotopic (exact) mass is 280 g/mol. The van der Waals surface area contributed by atoms with Crippen LogP contribution in [-0.2, 0) is 6.54 Å². The zero-order chi connectivity index (χ0) is 14.1. The highest BCUT2D eigenvalue weighted by Crippen LogP contribution is 2.34. The molecule has 1 heterocycles. The summed E-state index contributed by atoms with van der Waals surface area (Å²) < 4.78 is 27.2. The van der Waals surface area contributed by atoms with Gasteiger partial charge in [-0.15, -0.1) is 0 Å². The summed E-state index contributed by atoms with van der Waals surface area (Å²) in [6, 6.07) is 5.40. The number of hydrogen-bond acceptors (Lipinski definition) is 2. The van der Waals surface area contributed by atoms with E-state index in [0.717, 1.165) is 25.4 Å². The average Bonchev–Trinajstić information content (AvgIpc) is 3.28. The second-order valence-electron chi connectivity index (χ2n) is 6.06. The maximum atomic E-state index is 13.8. The Balaban J connectivity index is 1.73. The van der Waals surface area contributed by atoms with Gasteiger partial charge in [-0.2, -0.15) is 0 Å². The predicted octanol–water partition coefficient (Wildman–Crippen LogP) is 2.93. The Morgan fingerprint density at radius 1 is 1.30 bits per heavy atom. The van der Waals surface area contributed by atoms with Gasteiger partial charge >= 0.3 is 0 Å². The van der Waals surface area contributed by atoms with Crippen molar-refractivity contribution in [2.45, 2.75) is 44.8 Å². The molecule has 1 aromatic carbocycles. The third-order valence-corrected chi connectivity index (χ3v) is 4.63.